The summed E-state index contributed by atoms with van der Waals surface area (Å²) in [6.45, 7) is 2.77. The van der Waals surface area contributed by atoms with E-state index in [1.807, 2.05) is 6.92 Å². The van der Waals surface area contributed by atoms with Gasteiger partial charge in [0.05, 0.1) is 4.92 Å². The molecule has 0 aliphatic heterocycles. The Bertz CT molecular complexity index is 524. The van der Waals surface area contributed by atoms with E-state index in [4.69, 9.17) is 5.11 Å². The minimum atomic E-state index is -1.27. The second-order valence-corrected chi connectivity index (χ2v) is 4.99. The van der Waals surface area contributed by atoms with Crippen molar-refractivity contribution in [2.24, 2.45) is 0 Å². The molecule has 0 unspecified atom stereocenters. The highest BCUT2D eigenvalue weighted by atomic mass is 16.6. The molecule has 1 aromatic carbocycles. The first-order chi connectivity index (χ1) is 9.54. The van der Waals surface area contributed by atoms with Crippen molar-refractivity contribution in [3.63, 3.8) is 0 Å². The minimum Gasteiger partial charge on any atom is -0.477 e. The third-order valence-electron chi connectivity index (χ3n) is 3.85. The predicted molar refractivity (Wildman–Crippen MR) is 75.3 cm³/mol. The van der Waals surface area contributed by atoms with Gasteiger partial charge in [-0.15, -0.1) is 0 Å². The molecule has 20 heavy (non-hydrogen) atoms. The van der Waals surface area contributed by atoms with Crippen LogP contribution in [0.2, 0.25) is 0 Å². The summed E-state index contributed by atoms with van der Waals surface area (Å²) in [5, 5.41) is 20.0. The maximum Gasteiger partial charge on any atom is 0.342 e. The number of anilines is 1. The predicted octanol–water partition coefficient (Wildman–Crippen LogP) is 3.06. The van der Waals surface area contributed by atoms with Gasteiger partial charge in [-0.3, -0.25) is 10.1 Å². The minimum absolute atomic E-state index is 0.263. The van der Waals surface area contributed by atoms with Crippen LogP contribution in [0.4, 0.5) is 11.4 Å². The molecule has 0 atom stereocenters. The number of nitro groups is 1. The Morgan fingerprint density at radius 1 is 1.45 bits per heavy atom. The Hall–Kier alpha value is -2.11. The van der Waals surface area contributed by atoms with E-state index in [1.165, 1.54) is 25.0 Å². The van der Waals surface area contributed by atoms with Gasteiger partial charge in [-0.2, -0.15) is 0 Å². The first-order valence-corrected chi connectivity index (χ1v) is 6.83. The highest BCUT2D eigenvalue weighted by Gasteiger charge is 2.25. The van der Waals surface area contributed by atoms with Crippen molar-refractivity contribution >= 4 is 17.3 Å². The fourth-order valence-corrected chi connectivity index (χ4v) is 2.90. The molecule has 1 aliphatic rings. The number of hydrogen-bond acceptors (Lipinski definition) is 4. The summed E-state index contributed by atoms with van der Waals surface area (Å²) in [7, 11) is 0. The zero-order valence-corrected chi connectivity index (χ0v) is 11.4. The van der Waals surface area contributed by atoms with Gasteiger partial charge in [-0.25, -0.2) is 4.79 Å². The van der Waals surface area contributed by atoms with Crippen LogP contribution in [0, 0.1) is 10.1 Å². The van der Waals surface area contributed by atoms with Gasteiger partial charge in [-0.1, -0.05) is 12.8 Å². The number of nitro benzene ring substituents is 1. The summed E-state index contributed by atoms with van der Waals surface area (Å²) in [6.07, 6.45) is 4.53. The van der Waals surface area contributed by atoms with Crippen LogP contribution in [0.25, 0.3) is 0 Å². The summed E-state index contributed by atoms with van der Waals surface area (Å²) in [4.78, 5) is 23.6. The first kappa shape index (κ1) is 14.3. The van der Waals surface area contributed by atoms with Crippen LogP contribution in [0.3, 0.4) is 0 Å². The van der Waals surface area contributed by atoms with Crippen LogP contribution in [-0.2, 0) is 0 Å². The highest BCUT2D eigenvalue weighted by molar-refractivity contribution is 5.93. The molecule has 0 spiro atoms. The maximum absolute atomic E-state index is 11.0. The second kappa shape index (κ2) is 5.90. The molecular weight excluding hydrogens is 260 g/mol. The molecule has 2 rings (SSSR count). The average Bonchev–Trinajstić information content (AvgIpc) is 2.93. The van der Waals surface area contributed by atoms with Crippen molar-refractivity contribution in [2.75, 3.05) is 11.4 Å². The van der Waals surface area contributed by atoms with E-state index in [1.54, 1.807) is 6.07 Å². The Labute approximate surface area is 117 Å². The van der Waals surface area contributed by atoms with Crippen molar-refractivity contribution in [1.82, 2.24) is 0 Å². The summed E-state index contributed by atoms with van der Waals surface area (Å²) in [5.74, 6) is -1.27. The lowest BCUT2D eigenvalue weighted by Crippen LogP contribution is -2.33. The van der Waals surface area contributed by atoms with Crippen LogP contribution in [-0.4, -0.2) is 28.6 Å². The van der Waals surface area contributed by atoms with Crippen LogP contribution in [0.15, 0.2) is 18.2 Å². The van der Waals surface area contributed by atoms with Crippen LogP contribution in [0.5, 0.6) is 0 Å². The molecule has 0 radical (unpaired) electrons. The van der Waals surface area contributed by atoms with Gasteiger partial charge in [0.15, 0.2) is 0 Å². The molecular formula is C14H18N2O4. The number of nitrogens with zero attached hydrogens (tertiary/aromatic N) is 2. The molecule has 1 N–H and O–H groups in total. The van der Waals surface area contributed by atoms with E-state index in [-0.39, 0.29) is 11.3 Å². The Kier molecular flexibility index (Phi) is 4.22. The maximum atomic E-state index is 11.0. The van der Waals surface area contributed by atoms with Gasteiger partial charge >= 0.3 is 5.97 Å². The molecule has 0 heterocycles. The molecule has 0 bridgehead atoms. The molecule has 6 nitrogen and oxygen atoms in total. The van der Waals surface area contributed by atoms with E-state index in [0.29, 0.717) is 6.04 Å². The number of rotatable bonds is 5. The molecule has 1 aromatic rings. The van der Waals surface area contributed by atoms with Crippen molar-refractivity contribution in [3.05, 3.63) is 33.9 Å². The fourth-order valence-electron chi connectivity index (χ4n) is 2.90. The number of benzene rings is 1. The smallest absolute Gasteiger partial charge is 0.342 e. The second-order valence-electron chi connectivity index (χ2n) is 4.99. The standard InChI is InChI=1S/C14H18N2O4/c1-2-15(10-5-3-4-6-10)11-7-8-12(14(17)18)13(9-11)16(19)20/h7-10H,2-6H2,1H3,(H,17,18). The third-order valence-corrected chi connectivity index (χ3v) is 3.85. The van der Waals surface area contributed by atoms with Gasteiger partial charge in [0.25, 0.3) is 5.69 Å². The molecule has 108 valence electrons. The Morgan fingerprint density at radius 3 is 2.60 bits per heavy atom. The van der Waals surface area contributed by atoms with Crippen LogP contribution >= 0.6 is 0 Å². The molecule has 1 aliphatic carbocycles. The summed E-state index contributed by atoms with van der Waals surface area (Å²) in [6, 6.07) is 4.77. The van der Waals surface area contributed by atoms with Gasteiger partial charge in [0.1, 0.15) is 5.56 Å². The third kappa shape index (κ3) is 2.74. The molecule has 6 heteroatoms. The number of carbonyl (C=O) groups is 1. The fraction of sp³-hybridized carbons (Fsp3) is 0.500. The molecule has 0 saturated heterocycles. The van der Waals surface area contributed by atoms with E-state index in [9.17, 15) is 14.9 Å². The van der Waals surface area contributed by atoms with E-state index in [0.717, 1.165) is 25.1 Å². The van der Waals surface area contributed by atoms with Crippen molar-refractivity contribution in [1.29, 1.82) is 0 Å². The van der Waals surface area contributed by atoms with Crippen molar-refractivity contribution < 1.29 is 14.8 Å². The lowest BCUT2D eigenvalue weighted by atomic mass is 10.1. The number of carboxylic acid groups (broad SMARTS) is 1. The number of aromatic carboxylic acids is 1. The number of carboxylic acids is 1. The van der Waals surface area contributed by atoms with Gasteiger partial charge < -0.3 is 10.0 Å². The normalized spacial score (nSPS) is 15.2. The summed E-state index contributed by atoms with van der Waals surface area (Å²) < 4.78 is 0. The topological polar surface area (TPSA) is 83.7 Å². The zero-order valence-electron chi connectivity index (χ0n) is 11.4. The zero-order chi connectivity index (χ0) is 14.7. The van der Waals surface area contributed by atoms with Gasteiger partial charge in [-0.05, 0) is 31.9 Å². The van der Waals surface area contributed by atoms with Crippen molar-refractivity contribution in [3.8, 4) is 0 Å². The average molecular weight is 278 g/mol. The van der Waals surface area contributed by atoms with E-state index < -0.39 is 10.9 Å². The Balaban J connectivity index is 2.38. The summed E-state index contributed by atoms with van der Waals surface area (Å²) in [5.41, 5.74) is 0.128. The molecule has 1 saturated carbocycles. The Morgan fingerprint density at radius 2 is 2.10 bits per heavy atom. The number of hydrogen-bond donors (Lipinski definition) is 1. The summed E-state index contributed by atoms with van der Waals surface area (Å²) >= 11 is 0. The lowest BCUT2D eigenvalue weighted by Gasteiger charge is -2.29. The first-order valence-electron chi connectivity index (χ1n) is 6.83. The highest BCUT2D eigenvalue weighted by Crippen LogP contribution is 2.31. The SMILES string of the molecule is CCN(c1ccc(C(=O)O)c([N+](=O)[O-])c1)C1CCCC1. The van der Waals surface area contributed by atoms with Crippen LogP contribution in [0.1, 0.15) is 43.0 Å². The monoisotopic (exact) mass is 278 g/mol. The molecule has 0 aromatic heterocycles. The molecule has 1 fully saturated rings. The van der Waals surface area contributed by atoms with Crippen LogP contribution < -0.4 is 4.90 Å². The molecule has 0 amide bonds. The van der Waals surface area contributed by atoms with Gasteiger partial charge in [0, 0.05) is 24.3 Å². The largest absolute Gasteiger partial charge is 0.477 e. The van der Waals surface area contributed by atoms with Gasteiger partial charge in [0.2, 0.25) is 0 Å². The van der Waals surface area contributed by atoms with Crippen molar-refractivity contribution in [2.45, 2.75) is 38.6 Å². The quantitative estimate of drug-likeness (QED) is 0.661. The van der Waals surface area contributed by atoms with E-state index in [2.05, 4.69) is 4.90 Å². The lowest BCUT2D eigenvalue weighted by molar-refractivity contribution is -0.385. The van der Waals surface area contributed by atoms with E-state index >= 15 is 0 Å².